The SMILES string of the molecule is CCC(C(=O)NC1CCCC1)N(Cc1ccc(Cl)cc1Cl)C(=O)CN(c1ccc(OC)c(OC)c1)S(=O)(=O)c1ccccc1. The Morgan fingerprint density at radius 1 is 0.955 bits per heavy atom. The van der Waals surface area contributed by atoms with Gasteiger partial charge in [-0.2, -0.15) is 0 Å². The third-order valence-corrected chi connectivity index (χ3v) is 10.1. The summed E-state index contributed by atoms with van der Waals surface area (Å²) in [6.07, 6.45) is 4.12. The van der Waals surface area contributed by atoms with Gasteiger partial charge in [-0.15, -0.1) is 0 Å². The van der Waals surface area contributed by atoms with E-state index in [2.05, 4.69) is 5.32 Å². The Balaban J connectivity index is 1.76. The van der Waals surface area contributed by atoms with Crippen LogP contribution in [-0.4, -0.2) is 58.0 Å². The Kier molecular flexibility index (Phi) is 11.4. The Hall–Kier alpha value is -3.47. The molecular formula is C32H37Cl2N3O6S. The molecule has 1 unspecified atom stereocenters. The Bertz CT molecular complexity index is 1570. The molecule has 0 aliphatic heterocycles. The molecular weight excluding hydrogens is 625 g/mol. The summed E-state index contributed by atoms with van der Waals surface area (Å²) >= 11 is 12.6. The highest BCUT2D eigenvalue weighted by molar-refractivity contribution is 7.92. The largest absolute Gasteiger partial charge is 0.493 e. The number of benzene rings is 3. The average molecular weight is 663 g/mol. The maximum atomic E-state index is 14.3. The molecule has 0 heterocycles. The molecule has 1 fully saturated rings. The smallest absolute Gasteiger partial charge is 0.264 e. The van der Waals surface area contributed by atoms with Crippen LogP contribution < -0.4 is 19.1 Å². The van der Waals surface area contributed by atoms with Crippen LogP contribution in [0.25, 0.3) is 0 Å². The van der Waals surface area contributed by atoms with Crippen molar-refractivity contribution in [3.8, 4) is 11.5 Å². The highest BCUT2D eigenvalue weighted by Gasteiger charge is 2.35. The molecule has 2 amide bonds. The normalized spacial score (nSPS) is 14.1. The standard InChI is InChI=1S/C32H37Cl2N3O6S/c1-4-28(32(39)35-24-10-8-9-11-24)36(20-22-14-15-23(33)18-27(22)34)31(38)21-37(44(40,41)26-12-6-5-7-13-26)25-16-17-29(42-2)30(19-25)43-3/h5-7,12-19,24,28H,4,8-11,20-21H2,1-3H3,(H,35,39). The lowest BCUT2D eigenvalue weighted by molar-refractivity contribution is -0.140. The summed E-state index contributed by atoms with van der Waals surface area (Å²) in [7, 11) is -1.33. The van der Waals surface area contributed by atoms with E-state index in [-0.39, 0.29) is 34.8 Å². The molecule has 236 valence electrons. The molecule has 0 bridgehead atoms. The number of amides is 2. The first-order valence-corrected chi connectivity index (χ1v) is 16.6. The molecule has 1 N–H and O–H groups in total. The third-order valence-electron chi connectivity index (χ3n) is 7.71. The zero-order valence-electron chi connectivity index (χ0n) is 25.0. The number of ether oxygens (including phenoxy) is 2. The monoisotopic (exact) mass is 661 g/mol. The van der Waals surface area contributed by atoms with E-state index >= 15 is 0 Å². The van der Waals surface area contributed by atoms with E-state index < -0.39 is 28.5 Å². The number of hydrogen-bond acceptors (Lipinski definition) is 6. The van der Waals surface area contributed by atoms with Gasteiger partial charge < -0.3 is 19.7 Å². The molecule has 0 radical (unpaired) electrons. The Labute approximate surface area is 269 Å². The third kappa shape index (κ3) is 7.78. The number of carbonyl (C=O) groups excluding carboxylic acids is 2. The van der Waals surface area contributed by atoms with Gasteiger partial charge in [0.1, 0.15) is 12.6 Å². The minimum atomic E-state index is -4.24. The van der Waals surface area contributed by atoms with E-state index in [0.29, 0.717) is 27.8 Å². The number of nitrogens with one attached hydrogen (secondary N) is 1. The van der Waals surface area contributed by atoms with Crippen molar-refractivity contribution >= 4 is 50.7 Å². The van der Waals surface area contributed by atoms with E-state index in [4.69, 9.17) is 32.7 Å². The molecule has 0 spiro atoms. The lowest BCUT2D eigenvalue weighted by Crippen LogP contribution is -2.53. The van der Waals surface area contributed by atoms with Gasteiger partial charge in [-0.25, -0.2) is 8.42 Å². The van der Waals surface area contributed by atoms with Gasteiger partial charge in [0, 0.05) is 28.7 Å². The van der Waals surface area contributed by atoms with Crippen LogP contribution >= 0.6 is 23.2 Å². The molecule has 3 aromatic rings. The number of anilines is 1. The van der Waals surface area contributed by atoms with Crippen LogP contribution in [0.15, 0.2) is 71.6 Å². The number of hydrogen-bond donors (Lipinski definition) is 1. The summed E-state index contributed by atoms with van der Waals surface area (Å²) < 4.78 is 39.9. The zero-order valence-corrected chi connectivity index (χ0v) is 27.3. The number of halogens is 2. The van der Waals surface area contributed by atoms with Crippen LogP contribution in [0.5, 0.6) is 11.5 Å². The molecule has 44 heavy (non-hydrogen) atoms. The molecule has 1 atom stereocenters. The van der Waals surface area contributed by atoms with E-state index in [9.17, 15) is 18.0 Å². The molecule has 12 heteroatoms. The number of sulfonamides is 1. The lowest BCUT2D eigenvalue weighted by Gasteiger charge is -2.34. The fraction of sp³-hybridized carbons (Fsp3) is 0.375. The predicted molar refractivity (Wildman–Crippen MR) is 172 cm³/mol. The van der Waals surface area contributed by atoms with Gasteiger partial charge >= 0.3 is 0 Å². The van der Waals surface area contributed by atoms with Gasteiger partial charge in [-0.1, -0.05) is 67.2 Å². The van der Waals surface area contributed by atoms with E-state index in [1.165, 1.54) is 37.3 Å². The highest BCUT2D eigenvalue weighted by atomic mass is 35.5. The van der Waals surface area contributed by atoms with Crippen LogP contribution in [0.4, 0.5) is 5.69 Å². The first-order valence-electron chi connectivity index (χ1n) is 14.4. The topological polar surface area (TPSA) is 105 Å². The van der Waals surface area contributed by atoms with E-state index in [1.807, 2.05) is 6.92 Å². The first-order chi connectivity index (χ1) is 21.1. The summed E-state index contributed by atoms with van der Waals surface area (Å²) in [6, 6.07) is 16.5. The van der Waals surface area contributed by atoms with Crippen molar-refractivity contribution in [1.82, 2.24) is 10.2 Å². The summed E-state index contributed by atoms with van der Waals surface area (Å²) in [4.78, 5) is 29.3. The molecule has 0 aromatic heterocycles. The van der Waals surface area contributed by atoms with Crippen molar-refractivity contribution in [2.45, 2.75) is 62.6 Å². The quantitative estimate of drug-likeness (QED) is 0.238. The first kappa shape index (κ1) is 33.4. The van der Waals surface area contributed by atoms with Crippen molar-refractivity contribution in [3.63, 3.8) is 0 Å². The second-order valence-electron chi connectivity index (χ2n) is 10.5. The van der Waals surface area contributed by atoms with Gasteiger partial charge in [-0.05, 0) is 61.2 Å². The van der Waals surface area contributed by atoms with Crippen LogP contribution in [0, 0.1) is 0 Å². The summed E-state index contributed by atoms with van der Waals surface area (Å²) in [5, 5.41) is 3.85. The number of methoxy groups -OCH3 is 2. The Morgan fingerprint density at radius 2 is 1.64 bits per heavy atom. The average Bonchev–Trinajstić information content (AvgIpc) is 3.53. The van der Waals surface area contributed by atoms with Crippen LogP contribution in [0.3, 0.4) is 0 Å². The van der Waals surface area contributed by atoms with Gasteiger partial charge in [0.15, 0.2) is 11.5 Å². The maximum absolute atomic E-state index is 14.3. The van der Waals surface area contributed by atoms with Crippen molar-refractivity contribution in [1.29, 1.82) is 0 Å². The van der Waals surface area contributed by atoms with E-state index in [1.54, 1.807) is 48.5 Å². The van der Waals surface area contributed by atoms with Crippen LogP contribution in [0.1, 0.15) is 44.6 Å². The van der Waals surface area contributed by atoms with Crippen molar-refractivity contribution < 1.29 is 27.5 Å². The zero-order chi connectivity index (χ0) is 31.9. The molecule has 9 nitrogen and oxygen atoms in total. The minimum absolute atomic E-state index is 0.000832. The Morgan fingerprint density at radius 3 is 2.25 bits per heavy atom. The summed E-state index contributed by atoms with van der Waals surface area (Å²) in [6.45, 7) is 1.19. The highest BCUT2D eigenvalue weighted by Crippen LogP contribution is 2.34. The molecule has 3 aromatic carbocycles. The number of rotatable bonds is 13. The second-order valence-corrected chi connectivity index (χ2v) is 13.2. The summed E-state index contributed by atoms with van der Waals surface area (Å²) in [5.41, 5.74) is 0.757. The molecule has 1 aliphatic carbocycles. The fourth-order valence-electron chi connectivity index (χ4n) is 5.35. The molecule has 1 saturated carbocycles. The van der Waals surface area contributed by atoms with Crippen LogP contribution in [0.2, 0.25) is 10.0 Å². The molecule has 4 rings (SSSR count). The van der Waals surface area contributed by atoms with Gasteiger partial charge in [0.25, 0.3) is 10.0 Å². The lowest BCUT2D eigenvalue weighted by atomic mass is 10.1. The van der Waals surface area contributed by atoms with Gasteiger partial charge in [-0.3, -0.25) is 13.9 Å². The summed E-state index contributed by atoms with van der Waals surface area (Å²) in [5.74, 6) is -0.189. The number of nitrogens with zero attached hydrogens (tertiary/aromatic N) is 2. The van der Waals surface area contributed by atoms with Crippen LogP contribution in [-0.2, 0) is 26.2 Å². The van der Waals surface area contributed by atoms with Crippen molar-refractivity contribution in [2.24, 2.45) is 0 Å². The fourth-order valence-corrected chi connectivity index (χ4v) is 7.24. The van der Waals surface area contributed by atoms with E-state index in [0.717, 1.165) is 30.0 Å². The van der Waals surface area contributed by atoms with Gasteiger partial charge in [0.2, 0.25) is 11.8 Å². The minimum Gasteiger partial charge on any atom is -0.493 e. The molecule has 0 saturated heterocycles. The number of carbonyl (C=O) groups is 2. The van der Waals surface area contributed by atoms with Gasteiger partial charge in [0.05, 0.1) is 24.8 Å². The predicted octanol–water partition coefficient (Wildman–Crippen LogP) is 6.07. The van der Waals surface area contributed by atoms with Crippen molar-refractivity contribution in [3.05, 3.63) is 82.3 Å². The van der Waals surface area contributed by atoms with Crippen molar-refractivity contribution in [2.75, 3.05) is 25.1 Å². The second kappa shape index (κ2) is 15.0. The maximum Gasteiger partial charge on any atom is 0.264 e. The molecule has 1 aliphatic rings.